The molecular weight excluding hydrogens is 528 g/mol. The van der Waals surface area contributed by atoms with Crippen molar-refractivity contribution in [3.63, 3.8) is 0 Å². The van der Waals surface area contributed by atoms with Crippen molar-refractivity contribution in [3.05, 3.63) is 81.4 Å². The molecule has 0 atom stereocenters. The molecule has 3 aromatic carbocycles. The molecule has 0 aliphatic carbocycles. The van der Waals surface area contributed by atoms with Crippen LogP contribution in [0.25, 0.3) is 22.3 Å². The van der Waals surface area contributed by atoms with Gasteiger partial charge < -0.3 is 30.6 Å². The van der Waals surface area contributed by atoms with Gasteiger partial charge in [-0.05, 0) is 53.3 Å². The SMILES string of the molecule is CCCCc1cc(C(=O)O)c(C(=O)O)c(-c2cccc(C(=O)O)c2C(=O)O)c1-c1cccc(C(=O)O)c1C(=O)O. The largest absolute Gasteiger partial charge is 0.478 e. The van der Waals surface area contributed by atoms with E-state index in [1.807, 2.05) is 0 Å². The van der Waals surface area contributed by atoms with E-state index in [4.69, 9.17) is 0 Å². The van der Waals surface area contributed by atoms with Gasteiger partial charge >= 0.3 is 35.8 Å². The molecule has 0 saturated carbocycles. The molecule has 3 aromatic rings. The lowest BCUT2D eigenvalue weighted by Gasteiger charge is -2.23. The molecule has 0 spiro atoms. The molecule has 0 aliphatic heterocycles. The maximum absolute atomic E-state index is 12.6. The molecule has 0 fully saturated rings. The van der Waals surface area contributed by atoms with E-state index in [2.05, 4.69) is 0 Å². The van der Waals surface area contributed by atoms with Crippen LogP contribution in [0, 0.1) is 0 Å². The molecule has 6 N–H and O–H groups in total. The highest BCUT2D eigenvalue weighted by Crippen LogP contribution is 2.44. The lowest BCUT2D eigenvalue weighted by Crippen LogP contribution is -2.17. The van der Waals surface area contributed by atoms with Gasteiger partial charge in [-0.15, -0.1) is 0 Å². The Balaban J connectivity index is 2.79. The molecule has 0 saturated heterocycles. The minimum atomic E-state index is -1.82. The Labute approximate surface area is 225 Å². The maximum atomic E-state index is 12.6. The van der Waals surface area contributed by atoms with Crippen molar-refractivity contribution in [2.45, 2.75) is 26.2 Å². The van der Waals surface area contributed by atoms with Crippen molar-refractivity contribution in [2.75, 3.05) is 0 Å². The average molecular weight is 550 g/mol. The molecule has 0 amide bonds. The molecule has 0 heterocycles. The number of carboxylic acids is 6. The Kier molecular flexibility index (Phi) is 8.33. The second-order valence-corrected chi connectivity index (χ2v) is 8.60. The summed E-state index contributed by atoms with van der Waals surface area (Å²) in [5.74, 6) is -10.3. The standard InChI is InChI=1S/C28H22O12/c1-2-3-6-12-11-17(25(33)34)22(28(39)40)21(14-8-5-10-16(24(31)32)20(14)27(37)38)18(12)13-7-4-9-15(23(29)30)19(13)26(35)36/h4-5,7-11H,2-3,6H2,1H3,(H,29,30)(H,31,32)(H,33,34)(H,35,36)(H,37,38)(H,39,40). The van der Waals surface area contributed by atoms with Crippen LogP contribution in [-0.2, 0) is 6.42 Å². The van der Waals surface area contributed by atoms with Gasteiger partial charge in [0.25, 0.3) is 0 Å². The number of rotatable bonds is 11. The first-order valence-electron chi connectivity index (χ1n) is 11.7. The number of aryl methyl sites for hydroxylation is 1. The predicted molar refractivity (Wildman–Crippen MR) is 138 cm³/mol. The summed E-state index contributed by atoms with van der Waals surface area (Å²) >= 11 is 0. The summed E-state index contributed by atoms with van der Waals surface area (Å²) in [5.41, 5.74) is -6.20. The summed E-state index contributed by atoms with van der Waals surface area (Å²) in [6, 6.07) is 7.61. The van der Waals surface area contributed by atoms with Gasteiger partial charge in [0.15, 0.2) is 0 Å². The van der Waals surface area contributed by atoms with Crippen LogP contribution in [0.3, 0.4) is 0 Å². The smallest absolute Gasteiger partial charge is 0.337 e. The quantitative estimate of drug-likeness (QED) is 0.193. The third-order valence-corrected chi connectivity index (χ3v) is 6.21. The summed E-state index contributed by atoms with van der Waals surface area (Å²) < 4.78 is 0. The molecule has 0 bridgehead atoms. The first-order valence-corrected chi connectivity index (χ1v) is 11.7. The fraction of sp³-hybridized carbons (Fsp3) is 0.143. The van der Waals surface area contributed by atoms with Crippen LogP contribution in [0.15, 0.2) is 42.5 Å². The lowest BCUT2D eigenvalue weighted by molar-refractivity contribution is 0.0650. The molecular formula is C28H22O12. The molecule has 206 valence electrons. The summed E-state index contributed by atoms with van der Waals surface area (Å²) in [7, 11) is 0. The zero-order chi connectivity index (χ0) is 29.9. The fourth-order valence-electron chi connectivity index (χ4n) is 4.61. The van der Waals surface area contributed by atoms with Gasteiger partial charge in [-0.25, -0.2) is 28.8 Å². The van der Waals surface area contributed by atoms with Crippen molar-refractivity contribution in [3.8, 4) is 22.3 Å². The molecule has 12 nitrogen and oxygen atoms in total. The summed E-state index contributed by atoms with van der Waals surface area (Å²) in [6.07, 6.45) is 1.03. The molecule has 3 rings (SSSR count). The van der Waals surface area contributed by atoms with E-state index in [0.29, 0.717) is 12.8 Å². The van der Waals surface area contributed by atoms with Crippen LogP contribution >= 0.6 is 0 Å². The van der Waals surface area contributed by atoms with Gasteiger partial charge in [0.1, 0.15) is 0 Å². The third kappa shape index (κ3) is 5.23. The van der Waals surface area contributed by atoms with Crippen LogP contribution < -0.4 is 0 Å². The van der Waals surface area contributed by atoms with E-state index < -0.39 is 80.3 Å². The van der Waals surface area contributed by atoms with Crippen molar-refractivity contribution >= 4 is 35.8 Å². The number of benzene rings is 3. The maximum Gasteiger partial charge on any atom is 0.337 e. The highest BCUT2D eigenvalue weighted by molar-refractivity contribution is 6.16. The number of hydrogen-bond acceptors (Lipinski definition) is 6. The Morgan fingerprint density at radius 3 is 1.35 bits per heavy atom. The van der Waals surface area contributed by atoms with Gasteiger partial charge in [-0.3, -0.25) is 0 Å². The van der Waals surface area contributed by atoms with E-state index >= 15 is 0 Å². The van der Waals surface area contributed by atoms with Crippen LogP contribution in [-0.4, -0.2) is 66.5 Å². The minimum Gasteiger partial charge on any atom is -0.478 e. The average Bonchev–Trinajstić information content (AvgIpc) is 2.89. The minimum absolute atomic E-state index is 0.0659. The number of carboxylic acid groups (broad SMARTS) is 6. The van der Waals surface area contributed by atoms with Crippen LogP contribution in [0.5, 0.6) is 0 Å². The van der Waals surface area contributed by atoms with E-state index in [-0.39, 0.29) is 23.1 Å². The molecule has 12 heteroatoms. The van der Waals surface area contributed by atoms with Gasteiger partial charge in [-0.1, -0.05) is 37.6 Å². The number of hydrogen-bond donors (Lipinski definition) is 6. The number of aromatic carboxylic acids is 6. The number of carbonyl (C=O) groups is 6. The fourth-order valence-corrected chi connectivity index (χ4v) is 4.61. The van der Waals surface area contributed by atoms with Gasteiger partial charge in [0.2, 0.25) is 0 Å². The second-order valence-electron chi connectivity index (χ2n) is 8.60. The van der Waals surface area contributed by atoms with Crippen molar-refractivity contribution in [1.82, 2.24) is 0 Å². The van der Waals surface area contributed by atoms with Crippen LogP contribution in [0.1, 0.15) is 87.5 Å². The van der Waals surface area contributed by atoms with Gasteiger partial charge in [0.05, 0.1) is 33.4 Å². The molecule has 0 aliphatic rings. The number of unbranched alkanes of at least 4 members (excludes halogenated alkanes) is 1. The highest BCUT2D eigenvalue weighted by atomic mass is 16.4. The Hall–Kier alpha value is -5.52. The Bertz CT molecular complexity index is 1600. The van der Waals surface area contributed by atoms with E-state index in [1.165, 1.54) is 12.1 Å². The van der Waals surface area contributed by atoms with Gasteiger partial charge in [0, 0.05) is 5.56 Å². The summed E-state index contributed by atoms with van der Waals surface area (Å²) in [6.45, 7) is 1.80. The molecule has 0 aromatic heterocycles. The molecule has 40 heavy (non-hydrogen) atoms. The van der Waals surface area contributed by atoms with E-state index in [0.717, 1.165) is 30.3 Å². The molecule has 0 radical (unpaired) electrons. The predicted octanol–water partition coefficient (Wildman–Crippen LogP) is 4.55. The van der Waals surface area contributed by atoms with Crippen LogP contribution in [0.4, 0.5) is 0 Å². The Morgan fingerprint density at radius 1 is 0.550 bits per heavy atom. The highest BCUT2D eigenvalue weighted by Gasteiger charge is 2.33. The molecule has 0 unspecified atom stereocenters. The van der Waals surface area contributed by atoms with Crippen molar-refractivity contribution in [1.29, 1.82) is 0 Å². The monoisotopic (exact) mass is 550 g/mol. The normalized spacial score (nSPS) is 10.6. The zero-order valence-electron chi connectivity index (χ0n) is 20.8. The first-order chi connectivity index (χ1) is 18.8. The van der Waals surface area contributed by atoms with Crippen LogP contribution in [0.2, 0.25) is 0 Å². The second kappa shape index (κ2) is 11.5. The van der Waals surface area contributed by atoms with Gasteiger partial charge in [-0.2, -0.15) is 0 Å². The first kappa shape index (κ1) is 29.0. The third-order valence-electron chi connectivity index (χ3n) is 6.21. The lowest BCUT2D eigenvalue weighted by atomic mass is 9.79. The topological polar surface area (TPSA) is 224 Å². The van der Waals surface area contributed by atoms with Crippen molar-refractivity contribution < 1.29 is 59.4 Å². The van der Waals surface area contributed by atoms with E-state index in [9.17, 15) is 59.4 Å². The summed E-state index contributed by atoms with van der Waals surface area (Å²) in [4.78, 5) is 73.4. The summed E-state index contributed by atoms with van der Waals surface area (Å²) in [5, 5.41) is 59.5. The Morgan fingerprint density at radius 2 is 0.975 bits per heavy atom. The zero-order valence-corrected chi connectivity index (χ0v) is 20.8. The van der Waals surface area contributed by atoms with Crippen molar-refractivity contribution in [2.24, 2.45) is 0 Å². The van der Waals surface area contributed by atoms with E-state index in [1.54, 1.807) is 6.92 Å².